The molecule has 0 amide bonds. The first kappa shape index (κ1) is 11.9. The maximum absolute atomic E-state index is 11.2. The number of hydrazone groups is 1. The molecule has 0 aliphatic carbocycles. The minimum atomic E-state index is -1.07. The molecule has 2 aromatic carbocycles. The molecular weight excluding hydrogens is 228 g/mol. The number of nitrogens with zero attached hydrogens (tertiary/aromatic N) is 1. The van der Waals surface area contributed by atoms with Crippen LogP contribution in [0.5, 0.6) is 0 Å². The number of hydrogen-bond acceptors (Lipinski definition) is 3. The molecule has 0 aromatic heterocycles. The Balaban J connectivity index is 2.24. The second-order valence-corrected chi connectivity index (χ2v) is 3.61. The van der Waals surface area contributed by atoms with E-state index in [0.717, 1.165) is 5.69 Å². The van der Waals surface area contributed by atoms with Gasteiger partial charge in [0, 0.05) is 5.56 Å². The fourth-order valence-electron chi connectivity index (χ4n) is 1.47. The number of para-hydroxylation sites is 1. The third kappa shape index (κ3) is 2.95. The zero-order valence-electron chi connectivity index (χ0n) is 9.58. The molecule has 4 nitrogen and oxygen atoms in total. The first-order chi connectivity index (χ1) is 8.77. The highest BCUT2D eigenvalue weighted by molar-refractivity contribution is 6.42. The molecule has 0 spiro atoms. The summed E-state index contributed by atoms with van der Waals surface area (Å²) >= 11 is 0. The number of carbonyl (C=O) groups is 1. The molecule has 2 rings (SSSR count). The minimum absolute atomic E-state index is 0.0144. The Labute approximate surface area is 105 Å². The third-order valence-electron chi connectivity index (χ3n) is 2.32. The average molecular weight is 240 g/mol. The van der Waals surface area contributed by atoms with Gasteiger partial charge in [0.15, 0.2) is 5.71 Å². The van der Waals surface area contributed by atoms with Gasteiger partial charge in [-0.1, -0.05) is 48.5 Å². The maximum atomic E-state index is 11.2. The molecule has 0 fully saturated rings. The molecule has 0 aliphatic heterocycles. The number of rotatable bonds is 4. The Morgan fingerprint density at radius 3 is 2.06 bits per heavy atom. The molecule has 0 aliphatic rings. The van der Waals surface area contributed by atoms with Gasteiger partial charge in [-0.25, -0.2) is 4.79 Å². The SMILES string of the molecule is O=C(O)/C(=N\Nc1ccccc1)c1ccccc1. The van der Waals surface area contributed by atoms with Crippen LogP contribution in [-0.2, 0) is 4.79 Å². The van der Waals surface area contributed by atoms with E-state index in [1.54, 1.807) is 24.3 Å². The average Bonchev–Trinajstić information content (AvgIpc) is 2.41. The number of anilines is 1. The molecule has 0 saturated carbocycles. The topological polar surface area (TPSA) is 61.7 Å². The van der Waals surface area contributed by atoms with E-state index in [9.17, 15) is 4.79 Å². The van der Waals surface area contributed by atoms with E-state index in [-0.39, 0.29) is 5.71 Å². The van der Waals surface area contributed by atoms with Crippen LogP contribution in [0.3, 0.4) is 0 Å². The van der Waals surface area contributed by atoms with Gasteiger partial charge in [-0.2, -0.15) is 5.10 Å². The first-order valence-corrected chi connectivity index (χ1v) is 5.45. The van der Waals surface area contributed by atoms with E-state index < -0.39 is 5.97 Å². The largest absolute Gasteiger partial charge is 0.476 e. The quantitative estimate of drug-likeness (QED) is 0.637. The summed E-state index contributed by atoms with van der Waals surface area (Å²) in [5.74, 6) is -1.07. The van der Waals surface area contributed by atoms with Crippen molar-refractivity contribution >= 4 is 17.4 Å². The number of benzene rings is 2. The molecule has 0 bridgehead atoms. The summed E-state index contributed by atoms with van der Waals surface area (Å²) in [5, 5.41) is 13.1. The molecule has 0 heterocycles. The van der Waals surface area contributed by atoms with Crippen LogP contribution in [0.1, 0.15) is 5.56 Å². The van der Waals surface area contributed by atoms with Gasteiger partial charge in [-0.3, -0.25) is 5.43 Å². The van der Waals surface area contributed by atoms with Crippen molar-refractivity contribution in [2.24, 2.45) is 5.10 Å². The van der Waals surface area contributed by atoms with Crippen LogP contribution >= 0.6 is 0 Å². The van der Waals surface area contributed by atoms with E-state index in [1.807, 2.05) is 36.4 Å². The van der Waals surface area contributed by atoms with Crippen LogP contribution in [0.15, 0.2) is 65.8 Å². The van der Waals surface area contributed by atoms with Crippen LogP contribution in [0, 0.1) is 0 Å². The Kier molecular flexibility index (Phi) is 3.71. The highest BCUT2D eigenvalue weighted by Gasteiger charge is 2.11. The van der Waals surface area contributed by atoms with Gasteiger partial charge in [0.05, 0.1) is 5.69 Å². The molecule has 4 heteroatoms. The Bertz CT molecular complexity index is 551. The van der Waals surface area contributed by atoms with Gasteiger partial charge in [0.25, 0.3) is 0 Å². The molecule has 18 heavy (non-hydrogen) atoms. The van der Waals surface area contributed by atoms with E-state index in [0.29, 0.717) is 5.56 Å². The Morgan fingerprint density at radius 2 is 1.50 bits per heavy atom. The smallest absolute Gasteiger partial charge is 0.356 e. The van der Waals surface area contributed by atoms with Crippen molar-refractivity contribution in [3.05, 3.63) is 66.2 Å². The van der Waals surface area contributed by atoms with Gasteiger partial charge in [0.1, 0.15) is 0 Å². The summed E-state index contributed by atoms with van der Waals surface area (Å²) in [4.78, 5) is 11.2. The predicted molar refractivity (Wildman–Crippen MR) is 70.7 cm³/mol. The van der Waals surface area contributed by atoms with Crippen molar-refractivity contribution in [1.82, 2.24) is 0 Å². The lowest BCUT2D eigenvalue weighted by atomic mass is 10.1. The zero-order valence-corrected chi connectivity index (χ0v) is 9.58. The monoisotopic (exact) mass is 240 g/mol. The van der Waals surface area contributed by atoms with Crippen LogP contribution in [-0.4, -0.2) is 16.8 Å². The highest BCUT2D eigenvalue weighted by atomic mass is 16.4. The summed E-state index contributed by atoms with van der Waals surface area (Å²) in [6, 6.07) is 18.0. The van der Waals surface area contributed by atoms with Gasteiger partial charge >= 0.3 is 5.97 Å². The zero-order chi connectivity index (χ0) is 12.8. The van der Waals surface area contributed by atoms with Gasteiger partial charge in [-0.15, -0.1) is 0 Å². The summed E-state index contributed by atoms with van der Waals surface area (Å²) in [5.41, 5.74) is 4.02. The normalized spacial score (nSPS) is 11.0. The third-order valence-corrected chi connectivity index (χ3v) is 2.32. The van der Waals surface area contributed by atoms with Crippen LogP contribution < -0.4 is 5.43 Å². The van der Waals surface area contributed by atoms with Crippen molar-refractivity contribution in [2.45, 2.75) is 0 Å². The molecule has 0 saturated heterocycles. The molecular formula is C14H12N2O2. The lowest BCUT2D eigenvalue weighted by molar-refractivity contribution is -0.129. The lowest BCUT2D eigenvalue weighted by Crippen LogP contribution is -2.16. The second-order valence-electron chi connectivity index (χ2n) is 3.61. The summed E-state index contributed by atoms with van der Waals surface area (Å²) in [6.07, 6.45) is 0. The van der Waals surface area contributed by atoms with Gasteiger partial charge in [-0.05, 0) is 12.1 Å². The van der Waals surface area contributed by atoms with Gasteiger partial charge in [0.2, 0.25) is 0 Å². The Hall–Kier alpha value is -2.62. The fourth-order valence-corrected chi connectivity index (χ4v) is 1.47. The van der Waals surface area contributed by atoms with Crippen LogP contribution in [0.4, 0.5) is 5.69 Å². The molecule has 90 valence electrons. The second kappa shape index (κ2) is 5.63. The molecule has 0 atom stereocenters. The van der Waals surface area contributed by atoms with Crippen molar-refractivity contribution in [1.29, 1.82) is 0 Å². The van der Waals surface area contributed by atoms with Crippen molar-refractivity contribution in [3.63, 3.8) is 0 Å². The first-order valence-electron chi connectivity index (χ1n) is 5.45. The molecule has 0 radical (unpaired) electrons. The van der Waals surface area contributed by atoms with Crippen LogP contribution in [0.2, 0.25) is 0 Å². The number of carboxylic acids is 1. The standard InChI is InChI=1S/C14H12N2O2/c17-14(18)13(11-7-3-1-4-8-11)16-15-12-9-5-2-6-10-12/h1-10,15H,(H,17,18)/b16-13-. The summed E-state index contributed by atoms with van der Waals surface area (Å²) in [6.45, 7) is 0. The van der Waals surface area contributed by atoms with Crippen molar-refractivity contribution in [2.75, 3.05) is 5.43 Å². The molecule has 2 N–H and O–H groups in total. The molecule has 0 unspecified atom stereocenters. The summed E-state index contributed by atoms with van der Waals surface area (Å²) in [7, 11) is 0. The van der Waals surface area contributed by atoms with E-state index in [2.05, 4.69) is 10.5 Å². The van der Waals surface area contributed by atoms with Crippen LogP contribution in [0.25, 0.3) is 0 Å². The number of nitrogens with one attached hydrogen (secondary N) is 1. The Morgan fingerprint density at radius 1 is 0.944 bits per heavy atom. The van der Waals surface area contributed by atoms with E-state index in [1.165, 1.54) is 0 Å². The van der Waals surface area contributed by atoms with E-state index >= 15 is 0 Å². The predicted octanol–water partition coefficient (Wildman–Crippen LogP) is 2.59. The minimum Gasteiger partial charge on any atom is -0.476 e. The van der Waals surface area contributed by atoms with Crippen molar-refractivity contribution < 1.29 is 9.90 Å². The number of hydrogen-bond donors (Lipinski definition) is 2. The fraction of sp³-hybridized carbons (Fsp3) is 0. The maximum Gasteiger partial charge on any atom is 0.356 e. The van der Waals surface area contributed by atoms with Crippen molar-refractivity contribution in [3.8, 4) is 0 Å². The highest BCUT2D eigenvalue weighted by Crippen LogP contribution is 2.07. The van der Waals surface area contributed by atoms with E-state index in [4.69, 9.17) is 5.11 Å². The van der Waals surface area contributed by atoms with Gasteiger partial charge < -0.3 is 5.11 Å². The molecule has 2 aromatic rings. The number of carboxylic acid groups (broad SMARTS) is 1. The lowest BCUT2D eigenvalue weighted by Gasteiger charge is -2.03. The summed E-state index contributed by atoms with van der Waals surface area (Å²) < 4.78 is 0. The number of aliphatic carboxylic acids is 1.